The van der Waals surface area contributed by atoms with Gasteiger partial charge in [0.1, 0.15) is 29.7 Å². The van der Waals surface area contributed by atoms with Crippen molar-refractivity contribution in [3.63, 3.8) is 0 Å². The van der Waals surface area contributed by atoms with E-state index in [1.807, 2.05) is 6.07 Å². The Morgan fingerprint density at radius 3 is 2.68 bits per heavy atom. The molecule has 5 spiro atoms. The number of ketones is 1. The molecule has 12 fully saturated rings. The first-order valence-corrected chi connectivity index (χ1v) is 33.3. The quantitative estimate of drug-likeness (QED) is 0.0685. The van der Waals surface area contributed by atoms with Crippen LogP contribution in [0.1, 0.15) is 147 Å². The second-order valence-electron chi connectivity index (χ2n) is 31.1. The fourth-order valence-electron chi connectivity index (χ4n) is 25.7. The molecule has 8 aliphatic carbocycles. The average Bonchev–Trinajstić information content (AvgIpc) is 1.40. The van der Waals surface area contributed by atoms with Crippen molar-refractivity contribution in [3.05, 3.63) is 83.5 Å². The first-order valence-electron chi connectivity index (χ1n) is 33.3. The molecule has 448 valence electrons. The molecule has 7 aliphatic heterocycles. The minimum atomic E-state index is -1.57. The van der Waals surface area contributed by atoms with Crippen molar-refractivity contribution in [1.82, 2.24) is 10.2 Å². The zero-order chi connectivity index (χ0) is 57.3. The molecule has 8 heterocycles. The fourth-order valence-corrected chi connectivity index (χ4v) is 25.7. The lowest BCUT2D eigenvalue weighted by Gasteiger charge is -2.74. The highest BCUT2D eigenvalue weighted by Crippen LogP contribution is 2.91. The minimum absolute atomic E-state index is 0.0116. The molecular formula is C71H88N2O11. The molecule has 1 aromatic carbocycles. The van der Waals surface area contributed by atoms with E-state index in [1.54, 1.807) is 6.26 Å². The standard InChI is InChI=1S/C71H88N2O11/c1-5-11-39(2)26-47-31-48-30-46-15-10-22-66(46)34-45-33-64(3)68(51-21-25-80-55(51)32-50(54(75)36-74)43-18-19-49-44(29-43)20-24-73-38-72-35-53(49)73)23-9-14-42-17-16-41(27-40-12-7-6-8-13-40)28-52(42)69(71(64)61(82-71)63(79)83-68)57(45)67-37-81-62(78)59(66)70(48,67)84-65(47,4)58(67)56(76)60(69)77/h6-8,12-13,20-21,24-25,31,39,41-47,49-50,52-54,57-61,72,74-75,77H,5,10-11,15-19,22-23,26-30,32-38H2,1-4H3/t39-,41-,42-,43-,44+,45-,46+,47-,49+,50-,52-,53-,54+,57+,58+,59-,60+,61+,64-,65-,66-,67+,68-,69-,70-,71+/m0/s1. The summed E-state index contributed by atoms with van der Waals surface area (Å²) in [5.74, 6) is 5.82. The topological polar surface area (TPSA) is 181 Å². The molecule has 4 N–H and O–H groups in total. The van der Waals surface area contributed by atoms with Gasteiger partial charge in [0.2, 0.25) is 0 Å². The SMILES string of the molecule is CCC[C@H](C)C[C@H]1C=C2C[C@H]3CCC[C@]34C[C@@H]3C[C@]5(C)[C@]67O[C@@H]6C(=O)O[C@]5(c5ccoc5C[C@@H]([C@H]5CC[C@@H]6[C@H](C=CN8CNC[C@@H]68)C5)[C@H](O)CO)CC#C[C@H]5CC[C@@H](Cc6ccccc6)C[C@@H]5[C@]75[C@H](O)C(=O)[C@@H]6[C@@]1(C)O[C@]21[C@H]4C(=O)OC[C@@]61[C@@H]35. The number of aliphatic hydroxyl groups excluding tert-OH is 3. The lowest BCUT2D eigenvalue weighted by atomic mass is 9.28. The molecule has 84 heavy (non-hydrogen) atoms. The molecule has 13 heteroatoms. The summed E-state index contributed by atoms with van der Waals surface area (Å²) in [7, 11) is 0. The van der Waals surface area contributed by atoms with Crippen LogP contribution in [0.2, 0.25) is 0 Å². The molecule has 9 bridgehead atoms. The molecule has 2 aromatic rings. The van der Waals surface area contributed by atoms with E-state index < -0.39 is 98.6 Å². The highest BCUT2D eigenvalue weighted by Gasteiger charge is 3.00. The van der Waals surface area contributed by atoms with Crippen molar-refractivity contribution in [2.45, 2.75) is 190 Å². The summed E-state index contributed by atoms with van der Waals surface area (Å²) in [5, 5.41) is 41.4. The molecule has 17 rings (SSSR count). The number of cyclic esters (lactones) is 1. The molecular weight excluding hydrogens is 1060 g/mol. The first-order chi connectivity index (χ1) is 40.6. The third-order valence-electron chi connectivity index (χ3n) is 28.2. The van der Waals surface area contributed by atoms with Gasteiger partial charge in [0, 0.05) is 47.2 Å². The molecule has 0 amide bonds. The Morgan fingerprint density at radius 2 is 1.85 bits per heavy atom. The van der Waals surface area contributed by atoms with Crippen molar-refractivity contribution in [3.8, 4) is 11.8 Å². The maximum absolute atomic E-state index is 17.4. The predicted molar refractivity (Wildman–Crippen MR) is 308 cm³/mol. The van der Waals surface area contributed by atoms with Crippen LogP contribution in [-0.2, 0) is 51.8 Å². The van der Waals surface area contributed by atoms with E-state index in [-0.39, 0.29) is 66.2 Å². The summed E-state index contributed by atoms with van der Waals surface area (Å²) in [6.07, 6.45) is 19.4. The number of esters is 2. The van der Waals surface area contributed by atoms with E-state index in [1.165, 1.54) is 11.1 Å². The van der Waals surface area contributed by atoms with Crippen LogP contribution in [-0.4, -0.2) is 106 Å². The number of carbonyl (C=O) groups is 3. The number of nitrogens with zero attached hydrogens (tertiary/aromatic N) is 1. The third kappa shape index (κ3) is 6.29. The Balaban J connectivity index is 0.883. The summed E-state index contributed by atoms with van der Waals surface area (Å²) in [4.78, 5) is 51.5. The van der Waals surface area contributed by atoms with Crippen molar-refractivity contribution < 1.29 is 53.1 Å². The smallest absolute Gasteiger partial charge is 0.339 e. The second kappa shape index (κ2) is 18.2. The van der Waals surface area contributed by atoms with Gasteiger partial charge < -0.3 is 43.6 Å². The van der Waals surface area contributed by atoms with Crippen LogP contribution < -0.4 is 5.32 Å². The zero-order valence-corrected chi connectivity index (χ0v) is 49.8. The number of hydrogen-bond donors (Lipinski definition) is 4. The van der Waals surface area contributed by atoms with Crippen LogP contribution >= 0.6 is 0 Å². The number of ether oxygens (including phenoxy) is 4. The van der Waals surface area contributed by atoms with Gasteiger partial charge in [-0.1, -0.05) is 94.4 Å². The lowest BCUT2D eigenvalue weighted by Crippen LogP contribution is -2.83. The van der Waals surface area contributed by atoms with Gasteiger partial charge in [-0.2, -0.15) is 0 Å². The van der Waals surface area contributed by atoms with E-state index in [0.717, 1.165) is 96.7 Å². The fraction of sp³-hybridized carbons (Fsp3) is 0.732. The number of rotatable bonds is 12. The molecule has 15 aliphatic rings. The first kappa shape index (κ1) is 53.9. The Hall–Kier alpha value is -4.29. The molecule has 5 saturated heterocycles. The van der Waals surface area contributed by atoms with Crippen LogP contribution in [0.5, 0.6) is 0 Å². The largest absolute Gasteiger partial charge is 0.469 e. The lowest BCUT2D eigenvalue weighted by molar-refractivity contribution is -0.315. The predicted octanol–water partition coefficient (Wildman–Crippen LogP) is 9.01. The van der Waals surface area contributed by atoms with Gasteiger partial charge in [-0.25, -0.2) is 4.79 Å². The number of hydrogen-bond acceptors (Lipinski definition) is 13. The van der Waals surface area contributed by atoms with Crippen LogP contribution in [0.25, 0.3) is 0 Å². The molecule has 7 saturated carbocycles. The van der Waals surface area contributed by atoms with Crippen LogP contribution in [0, 0.1) is 116 Å². The van der Waals surface area contributed by atoms with Gasteiger partial charge in [0.05, 0.1) is 54.9 Å². The molecule has 0 radical (unpaired) electrons. The number of epoxide rings is 1. The molecule has 1 aromatic heterocycles. The van der Waals surface area contributed by atoms with E-state index >= 15 is 14.4 Å². The van der Waals surface area contributed by atoms with Crippen LogP contribution in [0.4, 0.5) is 0 Å². The maximum Gasteiger partial charge on any atom is 0.339 e. The normalized spacial score (nSPS) is 50.8. The highest BCUT2D eigenvalue weighted by molar-refractivity contribution is 5.94. The second-order valence-corrected chi connectivity index (χ2v) is 31.1. The number of allylic oxidation sites excluding steroid dienone is 1. The van der Waals surface area contributed by atoms with E-state index in [9.17, 15) is 15.3 Å². The monoisotopic (exact) mass is 1140 g/mol. The molecule has 0 unspecified atom stereocenters. The number of Topliss-reactive ketones (excluding diaryl/α,β-unsaturated/α-hetero) is 1. The van der Waals surface area contributed by atoms with Crippen LogP contribution in [0.15, 0.2) is 71.0 Å². The van der Waals surface area contributed by atoms with Crippen molar-refractivity contribution in [1.29, 1.82) is 0 Å². The van der Waals surface area contributed by atoms with Gasteiger partial charge in [-0.05, 0) is 178 Å². The summed E-state index contributed by atoms with van der Waals surface area (Å²) < 4.78 is 37.1. The summed E-state index contributed by atoms with van der Waals surface area (Å²) in [6.45, 7) is 10.5. The van der Waals surface area contributed by atoms with Gasteiger partial charge in [-0.3, -0.25) is 14.9 Å². The van der Waals surface area contributed by atoms with E-state index in [0.29, 0.717) is 60.8 Å². The maximum atomic E-state index is 17.4. The van der Waals surface area contributed by atoms with Crippen molar-refractivity contribution in [2.75, 3.05) is 26.4 Å². The van der Waals surface area contributed by atoms with Gasteiger partial charge in [0.15, 0.2) is 17.5 Å². The third-order valence-corrected chi connectivity index (χ3v) is 28.2. The summed E-state index contributed by atoms with van der Waals surface area (Å²) in [6, 6.07) is 13.1. The summed E-state index contributed by atoms with van der Waals surface area (Å²) >= 11 is 0. The Labute approximate surface area is 495 Å². The number of furan rings is 1. The van der Waals surface area contributed by atoms with E-state index in [2.05, 4.69) is 98.4 Å². The van der Waals surface area contributed by atoms with Gasteiger partial charge in [0.25, 0.3) is 0 Å². The number of benzene rings is 1. The van der Waals surface area contributed by atoms with Gasteiger partial charge in [-0.15, -0.1) is 0 Å². The summed E-state index contributed by atoms with van der Waals surface area (Å²) in [5.41, 5.74) is -6.15. The number of fused-ring (bicyclic) bond motifs is 6. The Kier molecular flexibility index (Phi) is 11.7. The number of carbonyl (C=O) groups excluding carboxylic acids is 3. The van der Waals surface area contributed by atoms with Crippen LogP contribution in [0.3, 0.4) is 0 Å². The van der Waals surface area contributed by atoms with Crippen molar-refractivity contribution in [2.24, 2.45) is 105 Å². The highest BCUT2D eigenvalue weighted by atomic mass is 16.7. The molecule has 13 nitrogen and oxygen atoms in total. The average molecular weight is 1150 g/mol. The number of aliphatic hydroxyl groups is 3. The van der Waals surface area contributed by atoms with Gasteiger partial charge >= 0.3 is 11.9 Å². The Bertz CT molecular complexity index is 3220. The Morgan fingerprint density at radius 1 is 0.988 bits per heavy atom. The molecule has 26 atom stereocenters. The minimum Gasteiger partial charge on any atom is -0.469 e. The number of nitrogens with one attached hydrogen (secondary N) is 1. The van der Waals surface area contributed by atoms with Crippen molar-refractivity contribution >= 4 is 17.7 Å². The zero-order valence-electron chi connectivity index (χ0n) is 49.8. The van der Waals surface area contributed by atoms with E-state index in [4.69, 9.17) is 23.4 Å².